The number of aliphatic hydroxyl groups is 4. The van der Waals surface area contributed by atoms with Gasteiger partial charge in [0.2, 0.25) is 29.9 Å². The number of carbonyl (C=O) groups excluding carboxylic acids is 6. The lowest BCUT2D eigenvalue weighted by Crippen LogP contribution is -2.61. The maximum atomic E-state index is 14.2. The summed E-state index contributed by atoms with van der Waals surface area (Å²) in [5.41, 5.74) is 6.73. The van der Waals surface area contributed by atoms with Gasteiger partial charge in [0.15, 0.2) is 11.7 Å². The molecular weight excluding hydrogens is 1160 g/mol. The van der Waals surface area contributed by atoms with Crippen LogP contribution in [0.3, 0.4) is 0 Å². The van der Waals surface area contributed by atoms with Crippen LogP contribution < -0.4 is 37.3 Å². The van der Waals surface area contributed by atoms with Crippen molar-refractivity contribution in [3.8, 4) is 17.1 Å². The van der Waals surface area contributed by atoms with Crippen molar-refractivity contribution in [3.63, 3.8) is 0 Å². The summed E-state index contributed by atoms with van der Waals surface area (Å²) < 4.78 is 39.8. The molecule has 11 N–H and O–H groups in total. The summed E-state index contributed by atoms with van der Waals surface area (Å²) in [5.74, 6) is -6.05. The van der Waals surface area contributed by atoms with E-state index >= 15 is 0 Å². The molecule has 0 spiro atoms. The molecule has 486 valence electrons. The van der Waals surface area contributed by atoms with Crippen LogP contribution in [0.15, 0.2) is 53.3 Å². The van der Waals surface area contributed by atoms with Crippen LogP contribution in [0.4, 0.5) is 10.5 Å². The maximum Gasteiger partial charge on any atom is 0.410 e. The van der Waals surface area contributed by atoms with Gasteiger partial charge in [-0.05, 0) is 101 Å². The van der Waals surface area contributed by atoms with E-state index < -0.39 is 120 Å². The van der Waals surface area contributed by atoms with Crippen LogP contribution in [-0.4, -0.2) is 190 Å². The number of ether oxygens (including phenoxy) is 7. The van der Waals surface area contributed by atoms with Crippen molar-refractivity contribution < 1.29 is 92.3 Å². The molecule has 2 aromatic heterocycles. The first-order valence-electron chi connectivity index (χ1n) is 29.7. The van der Waals surface area contributed by atoms with Gasteiger partial charge in [0.05, 0.1) is 67.7 Å². The van der Waals surface area contributed by atoms with Crippen LogP contribution in [0.1, 0.15) is 101 Å². The number of para-hydroxylation sites is 1. The fourth-order valence-electron chi connectivity index (χ4n) is 10.6. The van der Waals surface area contributed by atoms with E-state index in [9.17, 15) is 63.9 Å². The van der Waals surface area contributed by atoms with Crippen LogP contribution in [-0.2, 0) is 89.0 Å². The highest BCUT2D eigenvalue weighted by Gasteiger charge is 2.49. The molecule has 3 aliphatic heterocycles. The number of methoxy groups -OCH3 is 1. The smallest absolute Gasteiger partial charge is 0.410 e. The Kier molecular flexibility index (Phi) is 24.1. The Morgan fingerprint density at radius 1 is 0.865 bits per heavy atom. The van der Waals surface area contributed by atoms with Crippen LogP contribution in [0, 0.1) is 5.92 Å². The van der Waals surface area contributed by atoms with E-state index in [2.05, 4.69) is 21.3 Å². The predicted molar refractivity (Wildman–Crippen MR) is 318 cm³/mol. The third-order valence-electron chi connectivity index (χ3n) is 15.8. The Balaban J connectivity index is 1.05. The average molecular weight is 1250 g/mol. The Morgan fingerprint density at radius 2 is 1.58 bits per heavy atom. The zero-order valence-electron chi connectivity index (χ0n) is 51.0. The fourth-order valence-corrected chi connectivity index (χ4v) is 10.6. The number of carbonyl (C=O) groups is 7. The number of nitrogens with one attached hydrogen (secondary N) is 4. The number of anilines is 1. The third kappa shape index (κ3) is 16.4. The molecule has 3 aliphatic rings. The molecule has 5 heterocycles. The van der Waals surface area contributed by atoms with E-state index in [-0.39, 0.29) is 86.7 Å². The lowest BCUT2D eigenvalue weighted by atomic mass is 9.86. The van der Waals surface area contributed by atoms with Crippen LogP contribution in [0.2, 0.25) is 0 Å². The Hall–Kier alpha value is -7.67. The zero-order chi connectivity index (χ0) is 64.9. The molecule has 1 saturated heterocycles. The number of amides is 5. The quantitative estimate of drug-likeness (QED) is 0.0220. The molecule has 0 unspecified atom stereocenters. The topological polar surface area (TPSA) is 398 Å². The second kappa shape index (κ2) is 31.2. The number of carboxylic acids is 1. The average Bonchev–Trinajstić information content (AvgIpc) is 1.65. The number of aliphatic carboxylic acids is 1. The number of esters is 1. The van der Waals surface area contributed by atoms with Gasteiger partial charge in [0.1, 0.15) is 55.4 Å². The molecule has 2 aromatic carbocycles. The van der Waals surface area contributed by atoms with Gasteiger partial charge in [0.25, 0.3) is 5.56 Å². The Morgan fingerprint density at radius 3 is 2.27 bits per heavy atom. The number of unbranched alkanes of at least 4 members (excludes halogenated alkanes) is 1. The van der Waals surface area contributed by atoms with Gasteiger partial charge < -0.3 is 95.2 Å². The highest BCUT2D eigenvalue weighted by molar-refractivity contribution is 5.99. The largest absolute Gasteiger partial charge is 0.479 e. The minimum absolute atomic E-state index is 0.0282. The van der Waals surface area contributed by atoms with Crippen LogP contribution >= 0.6 is 0 Å². The summed E-state index contributed by atoms with van der Waals surface area (Å²) in [6, 6.07) is 9.13. The number of fused-ring (bicyclic) bond motifs is 5. The third-order valence-corrected chi connectivity index (χ3v) is 15.8. The molecule has 0 aliphatic carbocycles. The molecule has 7 rings (SSSR count). The number of carboxylic acid groups (broad SMARTS) is 1. The minimum atomic E-state index is -2.07. The van der Waals surface area contributed by atoms with Gasteiger partial charge in [-0.25, -0.2) is 19.4 Å². The first-order valence-corrected chi connectivity index (χ1v) is 29.7. The van der Waals surface area contributed by atoms with Gasteiger partial charge in [0, 0.05) is 42.6 Å². The molecule has 4 aromatic rings. The predicted octanol–water partition coefficient (Wildman–Crippen LogP) is 1.21. The van der Waals surface area contributed by atoms with E-state index in [1.54, 1.807) is 47.8 Å². The summed E-state index contributed by atoms with van der Waals surface area (Å²) in [6.45, 7) is 11.2. The molecule has 0 saturated carbocycles. The molecule has 28 nitrogen and oxygen atoms in total. The number of nitrogens with two attached hydrogens (primary N) is 1. The number of hydrogen-bond donors (Lipinski definition) is 10. The standard InChI is InChI=1S/C61H82N8O20/c1-8-61(82)40-28-44-48-38(29-69(44)56(77)39(40)31-86-59(61)80)36(37-13-9-10-14-41(37)65-48)18-21-68(33(4)5)60(81)87-30-35-16-17-42(45(27-35)88-58-51(73)49(71)50(72)52(89-58)57(78)79)66-53(74)34(6)63-55(76)47(32(2)3)67-54(75)43(15-11-12-20-62)64-46(70)19-22-84-25-26-85-24-23-83-7/h9-10,13-14,16-17,27-28,32-34,43,47,49-52,58,71-73,82H,8,11-12,15,18-26,29-31,62H2,1-7H3,(H,63,76)(H,64,70)(H,66,74)(H,67,75)(H,78,79)/t34-,43-,47-,49-,50-,51+,52-,58+,61-/m0/s1. The summed E-state index contributed by atoms with van der Waals surface area (Å²) in [4.78, 5) is 114. The lowest BCUT2D eigenvalue weighted by Gasteiger charge is -2.38. The molecule has 0 radical (unpaired) electrons. The van der Waals surface area contributed by atoms with Crippen molar-refractivity contribution in [2.75, 3.05) is 58.6 Å². The van der Waals surface area contributed by atoms with Crippen molar-refractivity contribution in [1.82, 2.24) is 30.4 Å². The molecule has 5 amide bonds. The zero-order valence-corrected chi connectivity index (χ0v) is 51.0. The van der Waals surface area contributed by atoms with Gasteiger partial charge in [-0.15, -0.1) is 0 Å². The number of aromatic nitrogens is 2. The number of cyclic esters (lactones) is 1. The van der Waals surface area contributed by atoms with E-state index in [0.29, 0.717) is 61.7 Å². The van der Waals surface area contributed by atoms with Gasteiger partial charge >= 0.3 is 18.0 Å². The number of pyridine rings is 2. The summed E-state index contributed by atoms with van der Waals surface area (Å²) in [5, 5.41) is 64.7. The van der Waals surface area contributed by atoms with Crippen molar-refractivity contribution >= 4 is 58.3 Å². The molecule has 28 heteroatoms. The van der Waals surface area contributed by atoms with Crippen LogP contribution in [0.5, 0.6) is 5.75 Å². The maximum absolute atomic E-state index is 14.2. The monoisotopic (exact) mass is 1250 g/mol. The number of nitrogens with zero attached hydrogens (tertiary/aromatic N) is 3. The molecule has 9 atom stereocenters. The lowest BCUT2D eigenvalue weighted by molar-refractivity contribution is -0.271. The minimum Gasteiger partial charge on any atom is -0.479 e. The number of hydrogen-bond acceptors (Lipinski definition) is 21. The molecule has 89 heavy (non-hydrogen) atoms. The van der Waals surface area contributed by atoms with E-state index in [1.165, 1.54) is 34.6 Å². The number of aliphatic hydroxyl groups excluding tert-OH is 3. The first-order chi connectivity index (χ1) is 42.4. The highest BCUT2D eigenvalue weighted by Crippen LogP contribution is 2.41. The first kappa shape index (κ1) is 68.8. The molecule has 0 bridgehead atoms. The Labute approximate surface area is 513 Å². The molecular formula is C61H82N8O20. The summed E-state index contributed by atoms with van der Waals surface area (Å²) >= 11 is 0. The summed E-state index contributed by atoms with van der Waals surface area (Å²) in [6.07, 6.45) is -9.49. The Bertz CT molecular complexity index is 3270. The highest BCUT2D eigenvalue weighted by atomic mass is 16.7. The SMILES string of the molecule is CC[C@@]1(O)C(=O)OCc2c1cc1n(c2=O)Cc2c-1nc1ccccc1c2CCN(C(=O)OCc1ccc(NC(=O)[C@H](C)NC(=O)[C@@H](NC(=O)[C@H](CCCCN)NC(=O)CCOCCOCCOC)C(C)C)c(O[C@@H]2O[C@H](C(=O)O)[C@@H](O)[C@H](O)[C@H]2O)c1)C(C)C. The number of benzene rings is 2. The molecule has 1 fully saturated rings. The second-order valence-corrected chi connectivity index (χ2v) is 22.6. The van der Waals surface area contributed by atoms with E-state index in [1.807, 2.05) is 24.3 Å². The van der Waals surface area contributed by atoms with Crippen molar-refractivity contribution in [3.05, 3.63) is 86.7 Å². The van der Waals surface area contributed by atoms with E-state index in [0.717, 1.165) is 10.9 Å². The van der Waals surface area contributed by atoms with Gasteiger partial charge in [-0.2, -0.15) is 0 Å². The second-order valence-electron chi connectivity index (χ2n) is 22.6. The van der Waals surface area contributed by atoms with Crippen molar-refractivity contribution in [1.29, 1.82) is 0 Å². The summed E-state index contributed by atoms with van der Waals surface area (Å²) in [7, 11) is 1.56. The van der Waals surface area contributed by atoms with Crippen LogP contribution in [0.25, 0.3) is 22.3 Å². The van der Waals surface area contributed by atoms with Crippen molar-refractivity contribution in [2.24, 2.45) is 11.7 Å². The van der Waals surface area contributed by atoms with E-state index in [4.69, 9.17) is 43.9 Å². The van der Waals surface area contributed by atoms with Gasteiger partial charge in [-0.1, -0.05) is 45.0 Å². The van der Waals surface area contributed by atoms with Gasteiger partial charge in [-0.3, -0.25) is 24.0 Å². The fraction of sp³-hybridized carbons (Fsp3) is 0.557. The van der Waals surface area contributed by atoms with Crippen molar-refractivity contribution in [2.45, 2.75) is 160 Å². The normalized spacial score (nSPS) is 20.3. The number of rotatable bonds is 31.